The van der Waals surface area contributed by atoms with E-state index in [0.717, 1.165) is 0 Å². The van der Waals surface area contributed by atoms with Gasteiger partial charge in [-0.05, 0) is 38.5 Å². The number of nitrogens with zero attached hydrogens (tertiary/aromatic N) is 3. The van der Waals surface area contributed by atoms with Crippen LogP contribution in [0.25, 0.3) is 0 Å². The molecule has 0 fully saturated rings. The fraction of sp³-hybridized carbons (Fsp3) is 0.476. The number of urea groups is 1. The number of amides is 4. The van der Waals surface area contributed by atoms with Crippen molar-refractivity contribution in [3.8, 4) is 0 Å². The number of halogens is 2. The molecule has 4 amide bonds. The molecule has 0 saturated carbocycles. The molecule has 1 aromatic carbocycles. The lowest BCUT2D eigenvalue weighted by Crippen LogP contribution is -2.47. The fourth-order valence-electron chi connectivity index (χ4n) is 3.73. The quantitative estimate of drug-likeness (QED) is 0.718. The van der Waals surface area contributed by atoms with Crippen LogP contribution in [-0.4, -0.2) is 65.3 Å². The van der Waals surface area contributed by atoms with Crippen molar-refractivity contribution in [1.29, 1.82) is 0 Å². The van der Waals surface area contributed by atoms with Crippen molar-refractivity contribution < 1.29 is 14.4 Å². The molecule has 0 bridgehead atoms. The van der Waals surface area contributed by atoms with E-state index in [9.17, 15) is 14.4 Å². The van der Waals surface area contributed by atoms with Crippen LogP contribution >= 0.6 is 23.2 Å². The van der Waals surface area contributed by atoms with Gasteiger partial charge < -0.3 is 15.1 Å². The first-order chi connectivity index (χ1) is 14.1. The van der Waals surface area contributed by atoms with Crippen LogP contribution in [0.15, 0.2) is 29.5 Å². The fourth-order valence-corrected chi connectivity index (χ4v) is 4.24. The predicted molar refractivity (Wildman–Crippen MR) is 116 cm³/mol. The summed E-state index contributed by atoms with van der Waals surface area (Å²) in [6.45, 7) is 6.74. The molecule has 1 N–H and O–H groups in total. The zero-order valence-electron chi connectivity index (χ0n) is 17.5. The summed E-state index contributed by atoms with van der Waals surface area (Å²) in [7, 11) is 1.75. The Labute approximate surface area is 186 Å². The Balaban J connectivity index is 1.88. The van der Waals surface area contributed by atoms with Crippen LogP contribution in [0, 0.1) is 0 Å². The topological polar surface area (TPSA) is 73.0 Å². The van der Waals surface area contributed by atoms with Crippen molar-refractivity contribution in [3.63, 3.8) is 0 Å². The maximum atomic E-state index is 13.3. The van der Waals surface area contributed by atoms with Gasteiger partial charge in [0.2, 0.25) is 5.91 Å². The number of hydrogen-bond donors (Lipinski definition) is 1. The molecule has 0 spiro atoms. The summed E-state index contributed by atoms with van der Waals surface area (Å²) >= 11 is 12.4. The van der Waals surface area contributed by atoms with E-state index in [0.29, 0.717) is 33.4 Å². The maximum absolute atomic E-state index is 13.3. The molecule has 0 aromatic heterocycles. The SMILES string of the molecule is CCN1C(=O)N[C@@H](c2ccc(Cl)cc2Cl)C2=C1CN(CCC(=O)N(C)C(C)C)C2=O. The highest BCUT2D eigenvalue weighted by Crippen LogP contribution is 2.39. The van der Waals surface area contributed by atoms with Gasteiger partial charge in [0.15, 0.2) is 0 Å². The van der Waals surface area contributed by atoms with Gasteiger partial charge in [0.1, 0.15) is 0 Å². The van der Waals surface area contributed by atoms with Gasteiger partial charge in [0, 0.05) is 42.6 Å². The van der Waals surface area contributed by atoms with Gasteiger partial charge in [0.05, 0.1) is 23.9 Å². The molecule has 1 atom stereocenters. The van der Waals surface area contributed by atoms with Gasteiger partial charge in [-0.2, -0.15) is 0 Å². The minimum atomic E-state index is -0.661. The molecular formula is C21H26Cl2N4O3. The Hall–Kier alpha value is -2.25. The third kappa shape index (κ3) is 4.14. The van der Waals surface area contributed by atoms with Crippen LogP contribution in [-0.2, 0) is 9.59 Å². The monoisotopic (exact) mass is 452 g/mol. The number of nitrogens with one attached hydrogen (secondary N) is 1. The van der Waals surface area contributed by atoms with Crippen LogP contribution < -0.4 is 5.32 Å². The van der Waals surface area contributed by atoms with E-state index in [4.69, 9.17) is 23.2 Å². The van der Waals surface area contributed by atoms with Crippen molar-refractivity contribution in [3.05, 3.63) is 45.1 Å². The number of carbonyl (C=O) groups excluding carboxylic acids is 3. The van der Waals surface area contributed by atoms with E-state index in [-0.39, 0.29) is 43.4 Å². The van der Waals surface area contributed by atoms with Gasteiger partial charge in [0.25, 0.3) is 5.91 Å². The largest absolute Gasteiger partial charge is 0.343 e. The van der Waals surface area contributed by atoms with Gasteiger partial charge >= 0.3 is 6.03 Å². The molecule has 162 valence electrons. The first-order valence-corrected chi connectivity index (χ1v) is 10.7. The summed E-state index contributed by atoms with van der Waals surface area (Å²) in [4.78, 5) is 43.2. The standard InChI is InChI=1S/C21H26Cl2N4O3/c1-5-27-16-11-26(9-8-17(28)25(4)12(2)3)20(29)18(16)19(24-21(27)30)14-7-6-13(22)10-15(14)23/h6-7,10,12,19H,5,8-9,11H2,1-4H3,(H,24,30)/t19-/m0/s1. The van der Waals surface area contributed by atoms with Crippen molar-refractivity contribution in [1.82, 2.24) is 20.0 Å². The van der Waals surface area contributed by atoms with Crippen molar-refractivity contribution in [2.45, 2.75) is 39.3 Å². The Bertz CT molecular complexity index is 916. The van der Waals surface area contributed by atoms with Crippen LogP contribution in [0.2, 0.25) is 10.0 Å². The predicted octanol–water partition coefficient (Wildman–Crippen LogP) is 3.43. The molecule has 7 nitrogen and oxygen atoms in total. The molecular weight excluding hydrogens is 427 g/mol. The number of hydrogen-bond acceptors (Lipinski definition) is 3. The summed E-state index contributed by atoms with van der Waals surface area (Å²) < 4.78 is 0. The van der Waals surface area contributed by atoms with Crippen molar-refractivity contribution in [2.75, 3.05) is 26.7 Å². The van der Waals surface area contributed by atoms with Gasteiger partial charge in [-0.3, -0.25) is 14.5 Å². The Morgan fingerprint density at radius 1 is 1.30 bits per heavy atom. The number of rotatable bonds is 6. The zero-order chi connectivity index (χ0) is 22.2. The summed E-state index contributed by atoms with van der Waals surface area (Å²) in [6, 6.07) is 4.14. The highest BCUT2D eigenvalue weighted by molar-refractivity contribution is 6.35. The number of likely N-dealkylation sites (N-methyl/N-ethyl adjacent to an activating group) is 1. The highest BCUT2D eigenvalue weighted by atomic mass is 35.5. The lowest BCUT2D eigenvalue weighted by atomic mass is 9.95. The molecule has 3 rings (SSSR count). The number of carbonyl (C=O) groups is 3. The minimum Gasteiger partial charge on any atom is -0.343 e. The van der Waals surface area contributed by atoms with Gasteiger partial charge in [-0.15, -0.1) is 0 Å². The van der Waals surface area contributed by atoms with E-state index < -0.39 is 6.04 Å². The van der Waals surface area contributed by atoms with Crippen molar-refractivity contribution in [2.24, 2.45) is 0 Å². The molecule has 2 aliphatic heterocycles. The zero-order valence-corrected chi connectivity index (χ0v) is 19.0. The summed E-state index contributed by atoms with van der Waals surface area (Å²) in [5, 5.41) is 3.75. The van der Waals surface area contributed by atoms with E-state index in [2.05, 4.69) is 5.32 Å². The number of benzene rings is 1. The molecule has 0 unspecified atom stereocenters. The first-order valence-electron chi connectivity index (χ1n) is 9.96. The normalized spacial score (nSPS) is 18.8. The average molecular weight is 453 g/mol. The second-order valence-corrected chi connectivity index (χ2v) is 8.57. The average Bonchev–Trinajstić information content (AvgIpc) is 3.01. The lowest BCUT2D eigenvalue weighted by Gasteiger charge is -2.33. The third-order valence-corrected chi connectivity index (χ3v) is 6.21. The van der Waals surface area contributed by atoms with Crippen LogP contribution in [0.1, 0.15) is 38.8 Å². The maximum Gasteiger partial charge on any atom is 0.322 e. The first kappa shape index (κ1) is 22.4. The molecule has 1 aromatic rings. The van der Waals surface area contributed by atoms with Crippen LogP contribution in [0.3, 0.4) is 0 Å². The van der Waals surface area contributed by atoms with Gasteiger partial charge in [-0.25, -0.2) is 4.79 Å². The second-order valence-electron chi connectivity index (χ2n) is 7.73. The molecule has 9 heteroatoms. The van der Waals surface area contributed by atoms with Crippen LogP contribution in [0.5, 0.6) is 0 Å². The Morgan fingerprint density at radius 2 is 2.00 bits per heavy atom. The molecule has 0 radical (unpaired) electrons. The van der Waals surface area contributed by atoms with E-state index in [1.165, 1.54) is 0 Å². The summed E-state index contributed by atoms with van der Waals surface area (Å²) in [5.74, 6) is -0.221. The smallest absolute Gasteiger partial charge is 0.322 e. The molecule has 0 saturated heterocycles. The molecule has 0 aliphatic carbocycles. The van der Waals surface area contributed by atoms with Gasteiger partial charge in [-0.1, -0.05) is 29.3 Å². The highest BCUT2D eigenvalue weighted by Gasteiger charge is 2.44. The minimum absolute atomic E-state index is 0.0264. The second kappa shape index (κ2) is 8.86. The van der Waals surface area contributed by atoms with Crippen molar-refractivity contribution >= 4 is 41.0 Å². The molecule has 30 heavy (non-hydrogen) atoms. The Morgan fingerprint density at radius 3 is 2.60 bits per heavy atom. The summed E-state index contributed by atoms with van der Waals surface area (Å²) in [6.07, 6.45) is 0.223. The molecule has 2 aliphatic rings. The molecule has 2 heterocycles. The van der Waals surface area contributed by atoms with E-state index in [1.807, 2.05) is 20.8 Å². The lowest BCUT2D eigenvalue weighted by molar-refractivity contribution is -0.132. The van der Waals surface area contributed by atoms with E-state index >= 15 is 0 Å². The third-order valence-electron chi connectivity index (χ3n) is 5.65. The summed E-state index contributed by atoms with van der Waals surface area (Å²) in [5.41, 5.74) is 1.76. The Kier molecular flexibility index (Phi) is 6.62. The van der Waals surface area contributed by atoms with E-state index in [1.54, 1.807) is 39.9 Å². The van der Waals surface area contributed by atoms with Crippen LogP contribution in [0.4, 0.5) is 4.79 Å².